The minimum absolute atomic E-state index is 0.425. The number of hydrogen-bond acceptors (Lipinski definition) is 3. The molecule has 2 N–H and O–H groups in total. The maximum Gasteiger partial charge on any atom is 0.132 e. The summed E-state index contributed by atoms with van der Waals surface area (Å²) in [5.41, 5.74) is 7.74. The number of terminal acetylenes is 1. The predicted octanol–water partition coefficient (Wildman–Crippen LogP) is 2.08. The standard InChI is InChI=1S/C14H15N3O/c1-4-8-17-10(2)16-13(14(17)15)11-6-5-7-12(9-11)18-3/h1,5-7,9H,8,15H2,2-3H3. The second-order valence-electron chi connectivity index (χ2n) is 3.92. The van der Waals surface area contributed by atoms with Crippen LogP contribution in [0.1, 0.15) is 5.82 Å². The Balaban J connectivity index is 2.51. The van der Waals surface area contributed by atoms with E-state index < -0.39 is 0 Å². The number of nitrogens with two attached hydrogens (primary N) is 1. The quantitative estimate of drug-likeness (QED) is 0.837. The molecule has 0 saturated carbocycles. The number of hydrogen-bond donors (Lipinski definition) is 1. The zero-order valence-corrected chi connectivity index (χ0v) is 10.5. The molecule has 1 heterocycles. The highest BCUT2D eigenvalue weighted by Crippen LogP contribution is 2.28. The zero-order chi connectivity index (χ0) is 13.1. The number of benzene rings is 1. The van der Waals surface area contributed by atoms with Crippen LogP contribution >= 0.6 is 0 Å². The fraction of sp³-hybridized carbons (Fsp3) is 0.214. The van der Waals surface area contributed by atoms with Crippen molar-refractivity contribution in [1.29, 1.82) is 0 Å². The molecular formula is C14H15N3O. The molecular weight excluding hydrogens is 226 g/mol. The minimum atomic E-state index is 0.425. The first-order valence-corrected chi connectivity index (χ1v) is 5.58. The molecule has 1 aromatic carbocycles. The van der Waals surface area contributed by atoms with Crippen LogP contribution in [0.5, 0.6) is 5.75 Å². The molecule has 0 bridgehead atoms. The van der Waals surface area contributed by atoms with Crippen LogP contribution < -0.4 is 10.5 Å². The van der Waals surface area contributed by atoms with Crippen LogP contribution in [0.15, 0.2) is 24.3 Å². The third-order valence-electron chi connectivity index (χ3n) is 2.79. The third kappa shape index (κ3) is 2.03. The Morgan fingerprint density at radius 3 is 2.94 bits per heavy atom. The fourth-order valence-corrected chi connectivity index (χ4v) is 1.86. The first-order chi connectivity index (χ1) is 8.67. The molecule has 0 radical (unpaired) electrons. The molecule has 0 atom stereocenters. The van der Waals surface area contributed by atoms with Crippen LogP contribution in [0.3, 0.4) is 0 Å². The van der Waals surface area contributed by atoms with E-state index in [-0.39, 0.29) is 0 Å². The molecule has 0 aliphatic heterocycles. The lowest BCUT2D eigenvalue weighted by molar-refractivity contribution is 0.415. The molecule has 4 heteroatoms. The molecule has 18 heavy (non-hydrogen) atoms. The molecule has 0 amide bonds. The van der Waals surface area contributed by atoms with E-state index in [1.807, 2.05) is 35.8 Å². The maximum atomic E-state index is 6.08. The van der Waals surface area contributed by atoms with Crippen LogP contribution in [-0.2, 0) is 6.54 Å². The van der Waals surface area contributed by atoms with Gasteiger partial charge in [-0.2, -0.15) is 0 Å². The van der Waals surface area contributed by atoms with Crippen molar-refractivity contribution in [2.75, 3.05) is 12.8 Å². The summed E-state index contributed by atoms with van der Waals surface area (Å²) >= 11 is 0. The second kappa shape index (κ2) is 4.84. The zero-order valence-electron chi connectivity index (χ0n) is 10.5. The highest BCUT2D eigenvalue weighted by atomic mass is 16.5. The van der Waals surface area contributed by atoms with Gasteiger partial charge in [0.2, 0.25) is 0 Å². The summed E-state index contributed by atoms with van der Waals surface area (Å²) in [5.74, 6) is 4.74. The summed E-state index contributed by atoms with van der Waals surface area (Å²) in [6, 6.07) is 7.63. The monoisotopic (exact) mass is 241 g/mol. The number of aromatic nitrogens is 2. The van der Waals surface area contributed by atoms with Gasteiger partial charge < -0.3 is 15.0 Å². The lowest BCUT2D eigenvalue weighted by Gasteiger charge is -2.04. The molecule has 0 aliphatic carbocycles. The van der Waals surface area contributed by atoms with Crippen LogP contribution in [0.4, 0.5) is 5.82 Å². The van der Waals surface area contributed by atoms with Crippen molar-refractivity contribution < 1.29 is 4.74 Å². The van der Waals surface area contributed by atoms with Crippen molar-refractivity contribution in [3.05, 3.63) is 30.1 Å². The van der Waals surface area contributed by atoms with Gasteiger partial charge in [-0.1, -0.05) is 18.1 Å². The third-order valence-corrected chi connectivity index (χ3v) is 2.79. The van der Waals surface area contributed by atoms with Gasteiger partial charge in [-0.25, -0.2) is 4.98 Å². The number of anilines is 1. The summed E-state index contributed by atoms with van der Waals surface area (Å²) in [6.07, 6.45) is 5.32. The van der Waals surface area contributed by atoms with E-state index in [2.05, 4.69) is 10.9 Å². The molecule has 0 saturated heterocycles. The van der Waals surface area contributed by atoms with Gasteiger partial charge in [-0.05, 0) is 19.1 Å². The number of imidazole rings is 1. The Hall–Kier alpha value is -2.41. The van der Waals surface area contributed by atoms with E-state index in [4.69, 9.17) is 16.9 Å². The van der Waals surface area contributed by atoms with Crippen molar-refractivity contribution in [2.45, 2.75) is 13.5 Å². The van der Waals surface area contributed by atoms with Gasteiger partial charge in [-0.15, -0.1) is 6.42 Å². The smallest absolute Gasteiger partial charge is 0.132 e. The Kier molecular flexibility index (Phi) is 3.24. The minimum Gasteiger partial charge on any atom is -0.497 e. The maximum absolute atomic E-state index is 6.08. The van der Waals surface area contributed by atoms with Gasteiger partial charge in [0.25, 0.3) is 0 Å². The van der Waals surface area contributed by atoms with E-state index in [0.29, 0.717) is 12.4 Å². The Morgan fingerprint density at radius 2 is 2.28 bits per heavy atom. The fourth-order valence-electron chi connectivity index (χ4n) is 1.86. The number of nitrogens with zero attached hydrogens (tertiary/aromatic N) is 2. The molecule has 2 rings (SSSR count). The van der Waals surface area contributed by atoms with Gasteiger partial charge >= 0.3 is 0 Å². The van der Waals surface area contributed by atoms with Crippen molar-refractivity contribution in [3.63, 3.8) is 0 Å². The molecule has 92 valence electrons. The van der Waals surface area contributed by atoms with Crippen LogP contribution in [0, 0.1) is 19.3 Å². The average Bonchev–Trinajstić information content (AvgIpc) is 2.67. The van der Waals surface area contributed by atoms with Crippen LogP contribution in [0.25, 0.3) is 11.3 Å². The molecule has 0 aliphatic rings. The van der Waals surface area contributed by atoms with Crippen molar-refractivity contribution in [3.8, 4) is 29.4 Å². The van der Waals surface area contributed by atoms with E-state index >= 15 is 0 Å². The summed E-state index contributed by atoms with van der Waals surface area (Å²) in [5, 5.41) is 0. The van der Waals surface area contributed by atoms with Crippen LogP contribution in [-0.4, -0.2) is 16.7 Å². The van der Waals surface area contributed by atoms with Gasteiger partial charge in [0.15, 0.2) is 0 Å². The molecule has 0 unspecified atom stereocenters. The molecule has 0 fully saturated rings. The number of nitrogen functional groups attached to an aromatic ring is 1. The number of rotatable bonds is 3. The number of methoxy groups -OCH3 is 1. The summed E-state index contributed by atoms with van der Waals surface area (Å²) in [6.45, 7) is 2.31. The van der Waals surface area contributed by atoms with Gasteiger partial charge in [0, 0.05) is 5.56 Å². The highest BCUT2D eigenvalue weighted by Gasteiger charge is 2.13. The molecule has 2 aromatic rings. The summed E-state index contributed by atoms with van der Waals surface area (Å²) in [7, 11) is 1.63. The van der Waals surface area contributed by atoms with E-state index in [9.17, 15) is 0 Å². The number of ether oxygens (including phenoxy) is 1. The summed E-state index contributed by atoms with van der Waals surface area (Å²) in [4.78, 5) is 4.46. The average molecular weight is 241 g/mol. The SMILES string of the molecule is C#CCn1c(C)nc(-c2cccc(OC)c2)c1N. The highest BCUT2D eigenvalue weighted by molar-refractivity contribution is 5.72. The number of aryl methyl sites for hydroxylation is 1. The second-order valence-corrected chi connectivity index (χ2v) is 3.92. The predicted molar refractivity (Wildman–Crippen MR) is 72.2 cm³/mol. The van der Waals surface area contributed by atoms with Crippen molar-refractivity contribution in [1.82, 2.24) is 9.55 Å². The first kappa shape index (κ1) is 12.1. The van der Waals surface area contributed by atoms with Crippen LogP contribution in [0.2, 0.25) is 0 Å². The Bertz CT molecular complexity index is 608. The van der Waals surface area contributed by atoms with E-state index in [0.717, 1.165) is 22.8 Å². The largest absolute Gasteiger partial charge is 0.497 e. The summed E-state index contributed by atoms with van der Waals surface area (Å²) < 4.78 is 7.01. The van der Waals surface area contributed by atoms with Crippen molar-refractivity contribution in [2.24, 2.45) is 0 Å². The molecule has 1 aromatic heterocycles. The van der Waals surface area contributed by atoms with Crippen molar-refractivity contribution >= 4 is 5.82 Å². The normalized spacial score (nSPS) is 10.1. The first-order valence-electron chi connectivity index (χ1n) is 5.58. The molecule has 0 spiro atoms. The van der Waals surface area contributed by atoms with Gasteiger partial charge in [0.05, 0.1) is 13.7 Å². The van der Waals surface area contributed by atoms with Gasteiger partial charge in [-0.3, -0.25) is 0 Å². The topological polar surface area (TPSA) is 53.1 Å². The lowest BCUT2D eigenvalue weighted by atomic mass is 10.1. The molecule has 4 nitrogen and oxygen atoms in total. The van der Waals surface area contributed by atoms with E-state index in [1.165, 1.54) is 0 Å². The lowest BCUT2D eigenvalue weighted by Crippen LogP contribution is -2.03. The van der Waals surface area contributed by atoms with Gasteiger partial charge in [0.1, 0.15) is 23.1 Å². The Labute approximate surface area is 106 Å². The van der Waals surface area contributed by atoms with E-state index in [1.54, 1.807) is 7.11 Å². The Morgan fingerprint density at radius 1 is 1.50 bits per heavy atom.